The molecule has 15 rings (SSSR count). The molecule has 0 spiro atoms. The van der Waals surface area contributed by atoms with Crippen molar-refractivity contribution in [1.82, 2.24) is 0 Å². The van der Waals surface area contributed by atoms with E-state index in [9.17, 15) is 10.5 Å². The molecule has 75 heavy (non-hydrogen) atoms. The molecule has 5 heteroatoms. The number of benzene rings is 12. The van der Waals surface area contributed by atoms with Crippen LogP contribution in [0, 0.1) is 35.8 Å². The van der Waals surface area contributed by atoms with E-state index in [1.807, 2.05) is 36.4 Å². The Labute approximate surface area is 430 Å². The Kier molecular flexibility index (Phi) is 8.85. The van der Waals surface area contributed by atoms with Crippen LogP contribution in [-0.4, -0.2) is 0 Å². The van der Waals surface area contributed by atoms with Crippen molar-refractivity contribution in [2.75, 3.05) is 0 Å². The van der Waals surface area contributed by atoms with Crippen molar-refractivity contribution in [2.45, 2.75) is 0 Å². The molecular weight excluding hydrogens is 913 g/mol. The topological polar surface area (TPSA) is 69.4 Å². The number of furan rings is 1. The van der Waals surface area contributed by atoms with Gasteiger partial charge in [-0.25, -0.2) is 9.69 Å². The maximum absolute atomic E-state index is 10.3. The highest BCUT2D eigenvalue weighted by Crippen LogP contribution is 2.65. The zero-order valence-electron chi connectivity index (χ0n) is 39.8. The van der Waals surface area contributed by atoms with Crippen molar-refractivity contribution in [3.63, 3.8) is 0 Å². The van der Waals surface area contributed by atoms with Gasteiger partial charge in [0.2, 0.25) is 0 Å². The molecule has 2 aliphatic carbocycles. The van der Waals surface area contributed by atoms with Gasteiger partial charge < -0.3 is 4.42 Å². The summed E-state index contributed by atoms with van der Waals surface area (Å²) in [7, 11) is 0. The third-order valence-corrected chi connectivity index (χ3v) is 15.6. The van der Waals surface area contributed by atoms with Crippen LogP contribution in [0.15, 0.2) is 211 Å². The standard InChI is InChI=1S/C70H34N4O/c1-73-56-32-24-39(37-71)34-54(56)63-45-18-9-10-19-46(45)64(55-35-40(38-72)25-33-57(55)74-2)70-52-31-29-50-65-49(28-30-51(66(52)65)69(63)70)67-60(41-14-5-3-6-15-41)47-27-26-43(36-53(47)61(68(50)67)42-16-7-4-8-17-42)44-21-13-23-59-62(44)48-20-11-12-22-58(48)75-59/h3-36H. The first-order chi connectivity index (χ1) is 37.1. The van der Waals surface area contributed by atoms with E-state index < -0.39 is 0 Å². The summed E-state index contributed by atoms with van der Waals surface area (Å²) in [5.41, 5.74) is 21.7. The van der Waals surface area contributed by atoms with E-state index in [0.717, 1.165) is 143 Å². The van der Waals surface area contributed by atoms with Crippen LogP contribution in [0.1, 0.15) is 11.1 Å². The molecule has 1 aromatic heterocycles. The smallest absolute Gasteiger partial charge is 0.195 e. The second-order valence-corrected chi connectivity index (χ2v) is 19.3. The Morgan fingerprint density at radius 1 is 0.307 bits per heavy atom. The Hall–Kier alpha value is -10.8. The molecule has 0 amide bonds. The molecule has 13 aromatic rings. The third-order valence-electron chi connectivity index (χ3n) is 15.6. The quantitative estimate of drug-likeness (QED) is 0.161. The summed E-state index contributed by atoms with van der Waals surface area (Å²) >= 11 is 0. The van der Waals surface area contributed by atoms with Gasteiger partial charge in [0, 0.05) is 10.8 Å². The predicted molar refractivity (Wildman–Crippen MR) is 304 cm³/mol. The number of para-hydroxylation sites is 1. The van der Waals surface area contributed by atoms with Crippen LogP contribution in [0.3, 0.4) is 0 Å². The van der Waals surface area contributed by atoms with E-state index in [0.29, 0.717) is 33.6 Å². The highest BCUT2D eigenvalue weighted by molar-refractivity contribution is 6.36. The number of rotatable bonds is 5. The van der Waals surface area contributed by atoms with Crippen molar-refractivity contribution in [3.05, 3.63) is 240 Å². The van der Waals surface area contributed by atoms with Crippen LogP contribution in [0.2, 0.25) is 0 Å². The highest BCUT2D eigenvalue weighted by atomic mass is 16.3. The Balaban J connectivity index is 1.11. The molecule has 0 bridgehead atoms. The van der Waals surface area contributed by atoms with Crippen molar-refractivity contribution in [3.8, 4) is 112 Å². The first-order valence-electron chi connectivity index (χ1n) is 24.8. The van der Waals surface area contributed by atoms with Gasteiger partial charge in [0.15, 0.2) is 11.4 Å². The SMILES string of the molecule is [C-]#[N+]c1ccc(C#N)cc1-c1c2c(c(-c3cc(C#N)ccc3[N+]#[C-])c3ccccc13)-c1ccc3c4c(ccc-2c14)-c1c-3c(-c2ccccc2)c2cc(-c3cccc4oc5ccccc5c34)ccc2c1-c1ccccc1. The lowest BCUT2D eigenvalue weighted by atomic mass is 9.80. The van der Waals surface area contributed by atoms with Gasteiger partial charge in [-0.1, -0.05) is 176 Å². The van der Waals surface area contributed by atoms with Crippen molar-refractivity contribution in [1.29, 1.82) is 10.5 Å². The fourth-order valence-electron chi connectivity index (χ4n) is 12.7. The van der Waals surface area contributed by atoms with Crippen molar-refractivity contribution < 1.29 is 4.42 Å². The van der Waals surface area contributed by atoms with Crippen LogP contribution in [0.5, 0.6) is 0 Å². The summed E-state index contributed by atoms with van der Waals surface area (Å²) in [6, 6.07) is 75.6. The van der Waals surface area contributed by atoms with E-state index in [1.54, 1.807) is 24.3 Å². The summed E-state index contributed by atoms with van der Waals surface area (Å²) in [5.74, 6) is 0. The molecule has 0 saturated heterocycles. The fraction of sp³-hybridized carbons (Fsp3) is 0. The summed E-state index contributed by atoms with van der Waals surface area (Å²) < 4.78 is 6.43. The molecule has 2 aliphatic rings. The van der Waals surface area contributed by atoms with Gasteiger partial charge in [0.1, 0.15) is 11.2 Å². The maximum Gasteiger partial charge on any atom is 0.195 e. The van der Waals surface area contributed by atoms with E-state index in [-0.39, 0.29) is 0 Å². The van der Waals surface area contributed by atoms with Crippen LogP contribution in [-0.2, 0) is 0 Å². The van der Waals surface area contributed by atoms with E-state index >= 15 is 0 Å². The second-order valence-electron chi connectivity index (χ2n) is 19.3. The molecule has 0 fully saturated rings. The van der Waals surface area contributed by atoms with Crippen LogP contribution in [0.4, 0.5) is 11.4 Å². The monoisotopic (exact) mass is 946 g/mol. The Bertz CT molecular complexity index is 4790. The Morgan fingerprint density at radius 2 is 0.760 bits per heavy atom. The van der Waals surface area contributed by atoms with Gasteiger partial charge in [-0.05, 0) is 163 Å². The predicted octanol–water partition coefficient (Wildman–Crippen LogP) is 19.5. The fourth-order valence-corrected chi connectivity index (χ4v) is 12.7. The average molecular weight is 947 g/mol. The number of hydrogen-bond acceptors (Lipinski definition) is 3. The lowest BCUT2D eigenvalue weighted by molar-refractivity contribution is 0.669. The molecule has 5 nitrogen and oxygen atoms in total. The van der Waals surface area contributed by atoms with E-state index in [2.05, 4.69) is 167 Å². The minimum absolute atomic E-state index is 0.437. The minimum Gasteiger partial charge on any atom is -0.456 e. The number of nitriles is 2. The molecule has 340 valence electrons. The number of nitrogens with zero attached hydrogens (tertiary/aromatic N) is 4. The zero-order valence-corrected chi connectivity index (χ0v) is 39.8. The highest BCUT2D eigenvalue weighted by Gasteiger charge is 2.38. The lowest BCUT2D eigenvalue weighted by Crippen LogP contribution is -1.95. The number of fused-ring (bicyclic) bond motifs is 11. The van der Waals surface area contributed by atoms with E-state index in [4.69, 9.17) is 17.6 Å². The van der Waals surface area contributed by atoms with Gasteiger partial charge in [-0.2, -0.15) is 10.5 Å². The zero-order chi connectivity index (χ0) is 50.1. The summed E-state index contributed by atoms with van der Waals surface area (Å²) in [5, 5.41) is 29.1. The molecule has 0 N–H and O–H groups in total. The van der Waals surface area contributed by atoms with Crippen LogP contribution >= 0.6 is 0 Å². The number of hydrogen-bond donors (Lipinski definition) is 0. The van der Waals surface area contributed by atoms with Crippen LogP contribution in [0.25, 0.3) is 164 Å². The first kappa shape index (κ1) is 41.9. The molecule has 0 unspecified atom stereocenters. The van der Waals surface area contributed by atoms with Gasteiger partial charge in [-0.15, -0.1) is 0 Å². The third kappa shape index (κ3) is 5.79. The Morgan fingerprint density at radius 3 is 1.28 bits per heavy atom. The molecule has 0 atom stereocenters. The summed E-state index contributed by atoms with van der Waals surface area (Å²) in [6.07, 6.45) is 0. The van der Waals surface area contributed by atoms with Crippen molar-refractivity contribution >= 4 is 65.6 Å². The minimum atomic E-state index is 0.437. The van der Waals surface area contributed by atoms with Crippen molar-refractivity contribution in [2.24, 2.45) is 0 Å². The molecule has 0 saturated carbocycles. The van der Waals surface area contributed by atoms with Gasteiger partial charge in [0.05, 0.1) is 36.4 Å². The maximum atomic E-state index is 10.3. The largest absolute Gasteiger partial charge is 0.456 e. The molecular formula is C70H34N4O. The normalized spacial score (nSPS) is 11.7. The van der Waals surface area contributed by atoms with E-state index in [1.165, 1.54) is 0 Å². The molecule has 1 heterocycles. The molecule has 0 aliphatic heterocycles. The lowest BCUT2D eigenvalue weighted by Gasteiger charge is -2.22. The summed E-state index contributed by atoms with van der Waals surface area (Å²) in [4.78, 5) is 8.13. The summed E-state index contributed by atoms with van der Waals surface area (Å²) in [6.45, 7) is 16.9. The van der Waals surface area contributed by atoms with Gasteiger partial charge >= 0.3 is 0 Å². The first-order valence-corrected chi connectivity index (χ1v) is 24.8. The van der Waals surface area contributed by atoms with Gasteiger partial charge in [0.25, 0.3) is 0 Å². The molecule has 12 aromatic carbocycles. The second kappa shape index (κ2) is 15.8. The van der Waals surface area contributed by atoms with Crippen LogP contribution < -0.4 is 0 Å². The average Bonchev–Trinajstić information content (AvgIpc) is 4.18. The van der Waals surface area contributed by atoms with Gasteiger partial charge in [-0.3, -0.25) is 0 Å². The molecule has 0 radical (unpaired) electrons.